The van der Waals surface area contributed by atoms with E-state index in [0.717, 1.165) is 18.5 Å². The molecule has 1 aromatic rings. The molecular formula is C14H20N4O3. The molecule has 2 rings (SSSR count). The van der Waals surface area contributed by atoms with Gasteiger partial charge < -0.3 is 15.3 Å². The summed E-state index contributed by atoms with van der Waals surface area (Å²) in [5, 5.41) is 11.5. The van der Waals surface area contributed by atoms with Crippen LogP contribution in [-0.4, -0.2) is 58.0 Å². The molecule has 7 heteroatoms. The predicted octanol–water partition coefficient (Wildman–Crippen LogP) is 0.311. The van der Waals surface area contributed by atoms with Crippen LogP contribution in [0.2, 0.25) is 0 Å². The number of rotatable bonds is 5. The van der Waals surface area contributed by atoms with Crippen molar-refractivity contribution in [3.8, 4) is 0 Å². The lowest BCUT2D eigenvalue weighted by Gasteiger charge is -2.32. The topological polar surface area (TPSA) is 95.4 Å². The lowest BCUT2D eigenvalue weighted by Crippen LogP contribution is -2.43. The van der Waals surface area contributed by atoms with Gasteiger partial charge in [-0.2, -0.15) is 0 Å². The normalized spacial score (nSPS) is 18.5. The van der Waals surface area contributed by atoms with Crippen LogP contribution >= 0.6 is 0 Å². The van der Waals surface area contributed by atoms with Gasteiger partial charge in [-0.15, -0.1) is 0 Å². The largest absolute Gasteiger partial charge is 0.480 e. The molecule has 1 atom stereocenters. The van der Waals surface area contributed by atoms with Crippen LogP contribution in [0.4, 0.5) is 0 Å². The number of aromatic nitrogens is 2. The average molecular weight is 292 g/mol. The second-order valence-corrected chi connectivity index (χ2v) is 5.33. The summed E-state index contributed by atoms with van der Waals surface area (Å²) in [7, 11) is 0. The second-order valence-electron chi connectivity index (χ2n) is 5.33. The predicted molar refractivity (Wildman–Crippen MR) is 75.9 cm³/mol. The number of amides is 1. The molecular weight excluding hydrogens is 272 g/mol. The molecule has 0 bridgehead atoms. The molecule has 1 aliphatic rings. The lowest BCUT2D eigenvalue weighted by atomic mass is 9.97. The van der Waals surface area contributed by atoms with Crippen LogP contribution in [0.3, 0.4) is 0 Å². The number of hydrogen-bond donors (Lipinski definition) is 2. The van der Waals surface area contributed by atoms with Crippen LogP contribution in [0, 0.1) is 12.8 Å². The van der Waals surface area contributed by atoms with Crippen molar-refractivity contribution in [1.82, 2.24) is 20.2 Å². The van der Waals surface area contributed by atoms with E-state index in [2.05, 4.69) is 15.3 Å². The molecule has 1 saturated heterocycles. The Bertz CT molecular complexity index is 503. The quantitative estimate of drug-likeness (QED) is 0.811. The zero-order valence-electron chi connectivity index (χ0n) is 12.1. The first-order valence-corrected chi connectivity index (χ1v) is 7.06. The van der Waals surface area contributed by atoms with Crippen molar-refractivity contribution < 1.29 is 14.7 Å². The summed E-state index contributed by atoms with van der Waals surface area (Å²) in [5.41, 5.74) is 1.14. The number of nitrogens with one attached hydrogen (secondary N) is 1. The highest BCUT2D eigenvalue weighted by molar-refractivity contribution is 5.92. The van der Waals surface area contributed by atoms with Crippen LogP contribution < -0.4 is 5.32 Å². The highest BCUT2D eigenvalue weighted by atomic mass is 16.4. The number of carboxylic acids is 1. The smallest absolute Gasteiger partial charge is 0.317 e. The van der Waals surface area contributed by atoms with Gasteiger partial charge in [-0.25, -0.2) is 4.98 Å². The van der Waals surface area contributed by atoms with Gasteiger partial charge >= 0.3 is 5.97 Å². The Balaban J connectivity index is 1.89. The third-order valence-electron chi connectivity index (χ3n) is 3.52. The molecule has 1 amide bonds. The van der Waals surface area contributed by atoms with E-state index in [1.807, 2.05) is 6.92 Å². The fraction of sp³-hybridized carbons (Fsp3) is 0.571. The Kier molecular flexibility index (Phi) is 5.21. The van der Waals surface area contributed by atoms with Crippen LogP contribution in [0.1, 0.15) is 29.0 Å². The number of aliphatic carboxylic acids is 1. The Hall–Kier alpha value is -2.02. The number of aryl methyl sites for hydroxylation is 1. The van der Waals surface area contributed by atoms with Crippen LogP contribution in [-0.2, 0) is 4.79 Å². The van der Waals surface area contributed by atoms with E-state index < -0.39 is 5.97 Å². The van der Waals surface area contributed by atoms with Crippen molar-refractivity contribution in [2.24, 2.45) is 5.92 Å². The number of nitrogens with zero attached hydrogens (tertiary/aromatic N) is 3. The highest BCUT2D eigenvalue weighted by Crippen LogP contribution is 2.17. The zero-order chi connectivity index (χ0) is 15.2. The molecule has 0 aliphatic carbocycles. The molecule has 21 heavy (non-hydrogen) atoms. The second kappa shape index (κ2) is 7.12. The number of piperidine rings is 1. The maximum atomic E-state index is 12.3. The van der Waals surface area contributed by atoms with E-state index in [1.54, 1.807) is 11.1 Å². The SMILES string of the molecule is Cc1cnc(C(=O)N2CCCC(CNCC(=O)O)C2)cn1. The average Bonchev–Trinajstić information content (AvgIpc) is 2.47. The first kappa shape index (κ1) is 15.4. The molecule has 1 aromatic heterocycles. The molecule has 1 aliphatic heterocycles. The van der Waals surface area contributed by atoms with Crippen LogP contribution in [0.15, 0.2) is 12.4 Å². The fourth-order valence-corrected chi connectivity index (χ4v) is 2.46. The molecule has 7 nitrogen and oxygen atoms in total. The summed E-state index contributed by atoms with van der Waals surface area (Å²) in [6.45, 7) is 3.72. The maximum absolute atomic E-state index is 12.3. The number of carbonyl (C=O) groups excluding carboxylic acids is 1. The fourth-order valence-electron chi connectivity index (χ4n) is 2.46. The van der Waals surface area contributed by atoms with Crippen molar-refractivity contribution in [2.45, 2.75) is 19.8 Å². The maximum Gasteiger partial charge on any atom is 0.317 e. The molecule has 114 valence electrons. The van der Waals surface area contributed by atoms with Crippen molar-refractivity contribution >= 4 is 11.9 Å². The van der Waals surface area contributed by atoms with E-state index in [4.69, 9.17) is 5.11 Å². The molecule has 0 aromatic carbocycles. The minimum Gasteiger partial charge on any atom is -0.480 e. The lowest BCUT2D eigenvalue weighted by molar-refractivity contribution is -0.136. The van der Waals surface area contributed by atoms with Crippen molar-refractivity contribution in [1.29, 1.82) is 0 Å². The number of carbonyl (C=O) groups is 2. The third kappa shape index (κ3) is 4.49. The highest BCUT2D eigenvalue weighted by Gasteiger charge is 2.25. The first-order chi connectivity index (χ1) is 10.1. The Morgan fingerprint density at radius 3 is 2.90 bits per heavy atom. The molecule has 1 fully saturated rings. The van der Waals surface area contributed by atoms with Crippen molar-refractivity contribution in [3.63, 3.8) is 0 Å². The summed E-state index contributed by atoms with van der Waals surface area (Å²) in [6.07, 6.45) is 5.01. The monoisotopic (exact) mass is 292 g/mol. The first-order valence-electron chi connectivity index (χ1n) is 7.06. The van der Waals surface area contributed by atoms with Crippen molar-refractivity contribution in [3.05, 3.63) is 23.8 Å². The Morgan fingerprint density at radius 2 is 2.24 bits per heavy atom. The van der Waals surface area contributed by atoms with E-state index in [1.165, 1.54) is 6.20 Å². The van der Waals surface area contributed by atoms with Gasteiger partial charge in [0.05, 0.1) is 18.4 Å². The molecule has 1 unspecified atom stereocenters. The van der Waals surface area contributed by atoms with Gasteiger partial charge in [-0.05, 0) is 25.7 Å². The van der Waals surface area contributed by atoms with Gasteiger partial charge in [-0.1, -0.05) is 0 Å². The van der Waals surface area contributed by atoms with Gasteiger partial charge in [0.25, 0.3) is 5.91 Å². The van der Waals surface area contributed by atoms with Crippen LogP contribution in [0.5, 0.6) is 0 Å². The van der Waals surface area contributed by atoms with Gasteiger partial charge in [0.1, 0.15) is 5.69 Å². The minimum absolute atomic E-state index is 0.0477. The summed E-state index contributed by atoms with van der Waals surface area (Å²) in [6, 6.07) is 0. The van der Waals surface area contributed by atoms with E-state index in [-0.39, 0.29) is 18.4 Å². The zero-order valence-corrected chi connectivity index (χ0v) is 12.1. The molecule has 2 heterocycles. The van der Waals surface area contributed by atoms with E-state index in [9.17, 15) is 9.59 Å². The number of hydrogen-bond acceptors (Lipinski definition) is 5. The summed E-state index contributed by atoms with van der Waals surface area (Å²) < 4.78 is 0. The van der Waals surface area contributed by atoms with Gasteiger partial charge in [0, 0.05) is 25.8 Å². The Labute approximate surface area is 123 Å². The number of likely N-dealkylation sites (tertiary alicyclic amines) is 1. The van der Waals surface area contributed by atoms with Gasteiger partial charge in [0.15, 0.2) is 0 Å². The summed E-state index contributed by atoms with van der Waals surface area (Å²) in [5.74, 6) is -0.695. The minimum atomic E-state index is -0.867. The third-order valence-corrected chi connectivity index (χ3v) is 3.52. The van der Waals surface area contributed by atoms with Gasteiger partial charge in [-0.3, -0.25) is 14.6 Å². The van der Waals surface area contributed by atoms with E-state index >= 15 is 0 Å². The van der Waals surface area contributed by atoms with Crippen LogP contribution in [0.25, 0.3) is 0 Å². The van der Waals surface area contributed by atoms with E-state index in [0.29, 0.717) is 25.3 Å². The molecule has 0 spiro atoms. The number of carboxylic acid groups (broad SMARTS) is 1. The summed E-state index contributed by atoms with van der Waals surface area (Å²) >= 11 is 0. The molecule has 0 saturated carbocycles. The standard InChI is InChI=1S/C14H20N4O3/c1-10-5-17-12(7-16-10)14(21)18-4-2-3-11(9-18)6-15-8-13(19)20/h5,7,11,15H,2-4,6,8-9H2,1H3,(H,19,20). The molecule has 2 N–H and O–H groups in total. The molecule has 0 radical (unpaired) electrons. The van der Waals surface area contributed by atoms with Crippen molar-refractivity contribution in [2.75, 3.05) is 26.2 Å². The summed E-state index contributed by atoms with van der Waals surface area (Å²) in [4.78, 5) is 32.8. The van der Waals surface area contributed by atoms with Gasteiger partial charge in [0.2, 0.25) is 0 Å². The Morgan fingerprint density at radius 1 is 1.43 bits per heavy atom.